The maximum Gasteiger partial charge on any atom is 0.242 e. The molecular formula is C17H24N2O. The Morgan fingerprint density at radius 1 is 1.20 bits per heavy atom. The lowest BCUT2D eigenvalue weighted by atomic mass is 9.99. The van der Waals surface area contributed by atoms with Gasteiger partial charge in [0.25, 0.3) is 0 Å². The molecule has 0 N–H and O–H groups in total. The summed E-state index contributed by atoms with van der Waals surface area (Å²) in [7, 11) is 0. The molecule has 3 nitrogen and oxygen atoms in total. The molecule has 1 fully saturated rings. The summed E-state index contributed by atoms with van der Waals surface area (Å²) in [5, 5.41) is 0. The molecule has 2 aliphatic rings. The third kappa shape index (κ3) is 2.82. The van der Waals surface area contributed by atoms with Gasteiger partial charge in [-0.2, -0.15) is 0 Å². The van der Waals surface area contributed by atoms with Gasteiger partial charge in [0.05, 0.1) is 6.54 Å². The number of carbonyl (C=O) groups is 1. The van der Waals surface area contributed by atoms with Gasteiger partial charge in [0.1, 0.15) is 0 Å². The van der Waals surface area contributed by atoms with E-state index in [0.29, 0.717) is 12.5 Å². The van der Waals surface area contributed by atoms with Crippen molar-refractivity contribution in [2.45, 2.75) is 32.6 Å². The molecule has 1 aromatic rings. The Hall–Kier alpha value is -1.51. The molecule has 0 aromatic heterocycles. The molecule has 1 amide bonds. The van der Waals surface area contributed by atoms with E-state index in [1.165, 1.54) is 11.3 Å². The van der Waals surface area contributed by atoms with Crippen LogP contribution in [0.1, 0.15) is 31.7 Å². The SMILES string of the molecule is CC1CCN(C(=O)CN2CCCc3ccccc32)CC1. The number of rotatable bonds is 2. The Morgan fingerprint density at radius 2 is 1.95 bits per heavy atom. The van der Waals surface area contributed by atoms with Gasteiger partial charge in [-0.05, 0) is 43.2 Å². The van der Waals surface area contributed by atoms with Crippen LogP contribution in [-0.4, -0.2) is 37.0 Å². The van der Waals surface area contributed by atoms with Crippen LogP contribution in [0.5, 0.6) is 0 Å². The summed E-state index contributed by atoms with van der Waals surface area (Å²) in [5.41, 5.74) is 2.65. The van der Waals surface area contributed by atoms with Crippen LogP contribution in [0.3, 0.4) is 0 Å². The van der Waals surface area contributed by atoms with Crippen molar-refractivity contribution in [2.24, 2.45) is 5.92 Å². The van der Waals surface area contributed by atoms with E-state index in [9.17, 15) is 4.79 Å². The van der Waals surface area contributed by atoms with Gasteiger partial charge in [-0.1, -0.05) is 25.1 Å². The van der Waals surface area contributed by atoms with E-state index in [0.717, 1.165) is 51.2 Å². The van der Waals surface area contributed by atoms with Gasteiger partial charge in [0.2, 0.25) is 5.91 Å². The van der Waals surface area contributed by atoms with Gasteiger partial charge >= 0.3 is 0 Å². The Morgan fingerprint density at radius 3 is 2.75 bits per heavy atom. The first-order valence-electron chi connectivity index (χ1n) is 7.84. The molecule has 20 heavy (non-hydrogen) atoms. The van der Waals surface area contributed by atoms with Crippen molar-refractivity contribution in [2.75, 3.05) is 31.1 Å². The molecular weight excluding hydrogens is 248 g/mol. The number of anilines is 1. The van der Waals surface area contributed by atoms with E-state index in [2.05, 4.69) is 41.0 Å². The molecule has 2 aliphatic heterocycles. The molecule has 0 bridgehead atoms. The number of likely N-dealkylation sites (tertiary alicyclic amines) is 1. The quantitative estimate of drug-likeness (QED) is 0.826. The zero-order chi connectivity index (χ0) is 13.9. The van der Waals surface area contributed by atoms with Gasteiger partial charge in [0.15, 0.2) is 0 Å². The maximum absolute atomic E-state index is 12.5. The lowest BCUT2D eigenvalue weighted by Gasteiger charge is -2.35. The van der Waals surface area contributed by atoms with Crippen LogP contribution in [0.25, 0.3) is 0 Å². The van der Waals surface area contributed by atoms with Gasteiger partial charge in [-0.15, -0.1) is 0 Å². The zero-order valence-electron chi connectivity index (χ0n) is 12.3. The fourth-order valence-electron chi connectivity index (χ4n) is 3.30. The second kappa shape index (κ2) is 5.86. The standard InChI is InChI=1S/C17H24N2O/c1-14-8-11-18(12-9-14)17(20)13-19-10-4-6-15-5-2-3-7-16(15)19/h2-3,5,7,14H,4,6,8-13H2,1H3. The third-order valence-corrected chi connectivity index (χ3v) is 4.67. The summed E-state index contributed by atoms with van der Waals surface area (Å²) in [6.07, 6.45) is 4.61. The van der Waals surface area contributed by atoms with Gasteiger partial charge < -0.3 is 9.80 Å². The number of nitrogens with zero attached hydrogens (tertiary/aromatic N) is 2. The highest BCUT2D eigenvalue weighted by Gasteiger charge is 2.24. The Balaban J connectivity index is 1.65. The second-order valence-corrected chi connectivity index (χ2v) is 6.22. The molecule has 3 rings (SSSR count). The van der Waals surface area contributed by atoms with Gasteiger partial charge in [0, 0.05) is 25.3 Å². The Kier molecular flexibility index (Phi) is 3.95. The van der Waals surface area contributed by atoms with E-state index in [1.54, 1.807) is 0 Å². The number of hydrogen-bond acceptors (Lipinski definition) is 2. The van der Waals surface area contributed by atoms with Crippen LogP contribution >= 0.6 is 0 Å². The van der Waals surface area contributed by atoms with Crippen LogP contribution in [0.2, 0.25) is 0 Å². The molecule has 108 valence electrons. The summed E-state index contributed by atoms with van der Waals surface area (Å²) in [6.45, 7) is 5.71. The molecule has 0 unspecified atom stereocenters. The van der Waals surface area contributed by atoms with Crippen molar-refractivity contribution in [1.82, 2.24) is 4.90 Å². The molecule has 0 spiro atoms. The molecule has 0 aliphatic carbocycles. The number of piperidine rings is 1. The topological polar surface area (TPSA) is 23.6 Å². The highest BCUT2D eigenvalue weighted by Crippen LogP contribution is 2.26. The van der Waals surface area contributed by atoms with Crippen molar-refractivity contribution < 1.29 is 4.79 Å². The molecule has 0 radical (unpaired) electrons. The summed E-state index contributed by atoms with van der Waals surface area (Å²) in [5.74, 6) is 1.07. The number of benzene rings is 1. The predicted molar refractivity (Wildman–Crippen MR) is 82.0 cm³/mol. The van der Waals surface area contributed by atoms with Crippen LogP contribution in [-0.2, 0) is 11.2 Å². The molecule has 0 saturated carbocycles. The molecule has 2 heterocycles. The highest BCUT2D eigenvalue weighted by atomic mass is 16.2. The number of aryl methyl sites for hydroxylation is 1. The average molecular weight is 272 g/mol. The number of amides is 1. The average Bonchev–Trinajstić information content (AvgIpc) is 2.48. The summed E-state index contributed by atoms with van der Waals surface area (Å²) in [4.78, 5) is 16.8. The largest absolute Gasteiger partial charge is 0.362 e. The zero-order valence-corrected chi connectivity index (χ0v) is 12.3. The van der Waals surface area contributed by atoms with Gasteiger partial charge in [-0.3, -0.25) is 4.79 Å². The van der Waals surface area contributed by atoms with Crippen LogP contribution in [0.15, 0.2) is 24.3 Å². The first kappa shape index (κ1) is 13.5. The number of carbonyl (C=O) groups excluding carboxylic acids is 1. The van der Waals surface area contributed by atoms with Crippen molar-refractivity contribution in [1.29, 1.82) is 0 Å². The van der Waals surface area contributed by atoms with E-state index >= 15 is 0 Å². The minimum Gasteiger partial charge on any atom is -0.362 e. The Labute approximate surface area is 121 Å². The van der Waals surface area contributed by atoms with Gasteiger partial charge in [-0.25, -0.2) is 0 Å². The van der Waals surface area contributed by atoms with Crippen molar-refractivity contribution >= 4 is 11.6 Å². The monoisotopic (exact) mass is 272 g/mol. The summed E-state index contributed by atoms with van der Waals surface area (Å²) in [6, 6.07) is 8.51. The van der Waals surface area contributed by atoms with E-state index in [1.807, 2.05) is 0 Å². The first-order valence-corrected chi connectivity index (χ1v) is 7.84. The van der Waals surface area contributed by atoms with Crippen molar-refractivity contribution in [3.05, 3.63) is 29.8 Å². The van der Waals surface area contributed by atoms with E-state index in [-0.39, 0.29) is 0 Å². The predicted octanol–water partition coefficient (Wildman–Crippen LogP) is 2.70. The maximum atomic E-state index is 12.5. The minimum atomic E-state index is 0.300. The minimum absolute atomic E-state index is 0.300. The number of para-hydroxylation sites is 1. The second-order valence-electron chi connectivity index (χ2n) is 6.22. The van der Waals surface area contributed by atoms with E-state index < -0.39 is 0 Å². The number of hydrogen-bond donors (Lipinski definition) is 0. The summed E-state index contributed by atoms with van der Waals surface area (Å²) < 4.78 is 0. The third-order valence-electron chi connectivity index (χ3n) is 4.67. The van der Waals surface area contributed by atoms with Crippen LogP contribution in [0, 0.1) is 5.92 Å². The highest BCUT2D eigenvalue weighted by molar-refractivity contribution is 5.82. The normalized spacial score (nSPS) is 19.9. The lowest BCUT2D eigenvalue weighted by Crippen LogP contribution is -2.45. The lowest BCUT2D eigenvalue weighted by molar-refractivity contribution is -0.131. The molecule has 1 saturated heterocycles. The van der Waals surface area contributed by atoms with E-state index in [4.69, 9.17) is 0 Å². The smallest absolute Gasteiger partial charge is 0.242 e. The fraction of sp³-hybridized carbons (Fsp3) is 0.588. The Bertz CT molecular complexity index is 478. The summed E-state index contributed by atoms with van der Waals surface area (Å²) >= 11 is 0. The van der Waals surface area contributed by atoms with Crippen molar-refractivity contribution in [3.8, 4) is 0 Å². The molecule has 0 atom stereocenters. The van der Waals surface area contributed by atoms with Crippen molar-refractivity contribution in [3.63, 3.8) is 0 Å². The molecule has 3 heteroatoms. The van der Waals surface area contributed by atoms with Crippen LogP contribution < -0.4 is 4.90 Å². The first-order chi connectivity index (χ1) is 9.74. The van der Waals surface area contributed by atoms with Crippen LogP contribution in [0.4, 0.5) is 5.69 Å². The fourth-order valence-corrected chi connectivity index (χ4v) is 3.30. The number of fused-ring (bicyclic) bond motifs is 1. The molecule has 1 aromatic carbocycles.